The first-order valence-electron chi connectivity index (χ1n) is 6.98. The third kappa shape index (κ3) is 2.48. The molecule has 0 spiro atoms. The minimum Gasteiger partial charge on any atom is -0.456 e. The zero-order chi connectivity index (χ0) is 13.7. The first-order valence-corrected chi connectivity index (χ1v) is 8.56. The Morgan fingerprint density at radius 2 is 1.68 bits per heavy atom. The molecule has 4 saturated carbocycles. The molecule has 6 heteroatoms. The summed E-state index contributed by atoms with van der Waals surface area (Å²) in [5, 5.41) is 0. The number of rotatable bonds is 4. The SMILES string of the molecule is COP(=O)(O)C(=O)OCC12CC3CC(CC(C3)C1)C2. The fourth-order valence-corrected chi connectivity index (χ4v) is 5.21. The molecule has 1 atom stereocenters. The van der Waals surface area contributed by atoms with Crippen molar-refractivity contribution in [3.8, 4) is 0 Å². The molecule has 4 bridgehead atoms. The van der Waals surface area contributed by atoms with Crippen LogP contribution in [0, 0.1) is 23.2 Å². The predicted molar refractivity (Wildman–Crippen MR) is 68.8 cm³/mol. The van der Waals surface area contributed by atoms with E-state index in [-0.39, 0.29) is 12.0 Å². The van der Waals surface area contributed by atoms with Crippen LogP contribution in [0.3, 0.4) is 0 Å². The molecule has 19 heavy (non-hydrogen) atoms. The molecule has 4 rings (SSSR count). The van der Waals surface area contributed by atoms with E-state index in [0.717, 1.165) is 44.1 Å². The molecule has 1 unspecified atom stereocenters. The number of hydrogen-bond donors (Lipinski definition) is 1. The van der Waals surface area contributed by atoms with E-state index in [2.05, 4.69) is 4.52 Å². The fraction of sp³-hybridized carbons (Fsp3) is 0.923. The number of carbonyl (C=O) groups is 1. The van der Waals surface area contributed by atoms with Crippen LogP contribution in [-0.4, -0.2) is 24.3 Å². The van der Waals surface area contributed by atoms with E-state index >= 15 is 0 Å². The third-order valence-electron chi connectivity index (χ3n) is 5.15. The molecule has 0 saturated heterocycles. The van der Waals surface area contributed by atoms with Crippen LogP contribution in [0.4, 0.5) is 4.79 Å². The smallest absolute Gasteiger partial charge is 0.435 e. The summed E-state index contributed by atoms with van der Waals surface area (Å²) in [5.74, 6) is 2.31. The molecule has 0 aromatic carbocycles. The minimum absolute atomic E-state index is 0.0676. The molecule has 4 aliphatic rings. The Kier molecular flexibility index (Phi) is 3.27. The lowest BCUT2D eigenvalue weighted by atomic mass is 9.50. The highest BCUT2D eigenvalue weighted by Gasteiger charge is 2.51. The van der Waals surface area contributed by atoms with E-state index < -0.39 is 13.3 Å². The van der Waals surface area contributed by atoms with Gasteiger partial charge in [0, 0.05) is 12.5 Å². The molecule has 0 aromatic rings. The van der Waals surface area contributed by atoms with Crippen molar-refractivity contribution >= 4 is 13.3 Å². The zero-order valence-corrected chi connectivity index (χ0v) is 12.1. The third-order valence-corrected chi connectivity index (χ3v) is 6.23. The Bertz CT molecular complexity index is 397. The summed E-state index contributed by atoms with van der Waals surface area (Å²) in [5.41, 5.74) is -1.04. The van der Waals surface area contributed by atoms with Gasteiger partial charge in [0.2, 0.25) is 0 Å². The van der Waals surface area contributed by atoms with Gasteiger partial charge in [0.1, 0.15) is 0 Å². The van der Waals surface area contributed by atoms with Crippen LogP contribution in [0.5, 0.6) is 0 Å². The molecule has 0 amide bonds. The number of ether oxygens (including phenoxy) is 1. The monoisotopic (exact) mass is 288 g/mol. The van der Waals surface area contributed by atoms with Crippen LogP contribution in [0.1, 0.15) is 38.5 Å². The first-order chi connectivity index (χ1) is 8.92. The first kappa shape index (κ1) is 13.6. The van der Waals surface area contributed by atoms with Gasteiger partial charge in [-0.2, -0.15) is 0 Å². The lowest BCUT2D eigenvalue weighted by Gasteiger charge is -2.56. The van der Waals surface area contributed by atoms with Gasteiger partial charge in [0.25, 0.3) is 0 Å². The summed E-state index contributed by atoms with van der Waals surface area (Å²) < 4.78 is 20.8. The van der Waals surface area contributed by atoms with Gasteiger partial charge < -0.3 is 14.2 Å². The summed E-state index contributed by atoms with van der Waals surface area (Å²) in [7, 11) is -3.19. The maximum Gasteiger partial charge on any atom is 0.435 e. The summed E-state index contributed by atoms with van der Waals surface area (Å²) in [4.78, 5) is 20.8. The van der Waals surface area contributed by atoms with Crippen LogP contribution >= 0.6 is 7.60 Å². The van der Waals surface area contributed by atoms with Gasteiger partial charge in [-0.15, -0.1) is 0 Å². The molecule has 4 aliphatic carbocycles. The highest BCUT2D eigenvalue weighted by molar-refractivity contribution is 7.70. The van der Waals surface area contributed by atoms with Crippen LogP contribution in [0.15, 0.2) is 0 Å². The van der Waals surface area contributed by atoms with Crippen LogP contribution in [0.2, 0.25) is 0 Å². The van der Waals surface area contributed by atoms with E-state index in [0.29, 0.717) is 0 Å². The van der Waals surface area contributed by atoms with Crippen molar-refractivity contribution in [3.05, 3.63) is 0 Å². The maximum atomic E-state index is 11.5. The van der Waals surface area contributed by atoms with Crippen molar-refractivity contribution < 1.29 is 23.5 Å². The van der Waals surface area contributed by atoms with Gasteiger partial charge >= 0.3 is 13.3 Å². The molecule has 108 valence electrons. The maximum absolute atomic E-state index is 11.5. The second-order valence-corrected chi connectivity index (χ2v) is 8.45. The fourth-order valence-electron chi connectivity index (χ4n) is 4.84. The van der Waals surface area contributed by atoms with E-state index in [1.807, 2.05) is 0 Å². The van der Waals surface area contributed by atoms with Gasteiger partial charge in [0.15, 0.2) is 0 Å². The normalized spacial score (nSPS) is 42.9. The Morgan fingerprint density at radius 3 is 2.11 bits per heavy atom. The highest BCUT2D eigenvalue weighted by atomic mass is 31.2. The average Bonchev–Trinajstić information content (AvgIpc) is 2.34. The van der Waals surface area contributed by atoms with Crippen molar-refractivity contribution in [2.45, 2.75) is 38.5 Å². The molecule has 0 aliphatic heterocycles. The average molecular weight is 288 g/mol. The Hall–Kier alpha value is -0.380. The molecular formula is C13H21O5P. The van der Waals surface area contributed by atoms with Crippen LogP contribution in [0.25, 0.3) is 0 Å². The van der Waals surface area contributed by atoms with E-state index in [1.165, 1.54) is 19.3 Å². The lowest BCUT2D eigenvalue weighted by molar-refractivity contribution is -0.0801. The summed E-state index contributed by atoms with van der Waals surface area (Å²) in [6.45, 7) is 0.281. The Morgan fingerprint density at radius 1 is 1.21 bits per heavy atom. The van der Waals surface area contributed by atoms with Crippen molar-refractivity contribution in [1.29, 1.82) is 0 Å². The molecule has 0 aromatic heterocycles. The standard InChI is InChI=1S/C13H21O5P/c1-17-19(15,16)12(14)18-8-13-5-9-2-10(6-13)4-11(3-9)7-13/h9-11H,2-8H2,1H3,(H,15,16). The summed E-state index contributed by atoms with van der Waals surface area (Å²) in [6.07, 6.45) is 7.29. The van der Waals surface area contributed by atoms with E-state index in [4.69, 9.17) is 4.74 Å². The summed E-state index contributed by atoms with van der Waals surface area (Å²) >= 11 is 0. The molecular weight excluding hydrogens is 267 g/mol. The molecule has 4 fully saturated rings. The number of carbonyl (C=O) groups excluding carboxylic acids is 1. The second-order valence-electron chi connectivity index (χ2n) is 6.68. The molecule has 0 radical (unpaired) electrons. The molecule has 5 nitrogen and oxygen atoms in total. The topological polar surface area (TPSA) is 72.8 Å². The largest absolute Gasteiger partial charge is 0.456 e. The number of hydrogen-bond acceptors (Lipinski definition) is 4. The Labute approximate surface area is 113 Å². The van der Waals surface area contributed by atoms with Gasteiger partial charge in [-0.25, -0.2) is 9.36 Å². The quantitative estimate of drug-likeness (QED) is 0.804. The predicted octanol–water partition coefficient (Wildman–Crippen LogP) is 3.17. The van der Waals surface area contributed by atoms with Crippen molar-refractivity contribution in [1.82, 2.24) is 0 Å². The van der Waals surface area contributed by atoms with Crippen molar-refractivity contribution in [2.24, 2.45) is 23.2 Å². The Balaban J connectivity index is 1.64. The second kappa shape index (κ2) is 4.57. The molecule has 1 N–H and O–H groups in total. The van der Waals surface area contributed by atoms with Gasteiger partial charge in [-0.1, -0.05) is 0 Å². The molecule has 0 heterocycles. The van der Waals surface area contributed by atoms with E-state index in [9.17, 15) is 14.3 Å². The van der Waals surface area contributed by atoms with E-state index in [1.54, 1.807) is 0 Å². The summed E-state index contributed by atoms with van der Waals surface area (Å²) in [6, 6.07) is 0. The van der Waals surface area contributed by atoms with Crippen LogP contribution in [-0.2, 0) is 13.8 Å². The zero-order valence-electron chi connectivity index (χ0n) is 11.2. The van der Waals surface area contributed by atoms with Crippen molar-refractivity contribution in [3.63, 3.8) is 0 Å². The van der Waals surface area contributed by atoms with Gasteiger partial charge in [-0.05, 0) is 56.3 Å². The van der Waals surface area contributed by atoms with Gasteiger partial charge in [0.05, 0.1) is 6.61 Å². The van der Waals surface area contributed by atoms with Gasteiger partial charge in [-0.3, -0.25) is 0 Å². The highest BCUT2D eigenvalue weighted by Crippen LogP contribution is 2.60. The van der Waals surface area contributed by atoms with Crippen molar-refractivity contribution in [2.75, 3.05) is 13.7 Å². The minimum atomic E-state index is -4.23. The van der Waals surface area contributed by atoms with Crippen LogP contribution < -0.4 is 0 Å². The lowest BCUT2D eigenvalue weighted by Crippen LogP contribution is -2.48.